The van der Waals surface area contributed by atoms with Crippen LogP contribution in [0.15, 0.2) is 36.5 Å². The largest absolute Gasteiger partial charge is 0.394 e. The normalized spacial score (nSPS) is 21.8. The maximum absolute atomic E-state index is 12.9. The molecular weight excluding hydrogens is 682 g/mol. The Morgan fingerprint density at radius 3 is 1.59 bits per heavy atom. The van der Waals surface area contributed by atoms with E-state index in [1.54, 1.807) is 6.08 Å². The highest BCUT2D eigenvalue weighted by atomic mass is 16.7. The first-order valence-electron chi connectivity index (χ1n) is 22.2. The number of carbonyl (C=O) groups is 1. The van der Waals surface area contributed by atoms with Gasteiger partial charge >= 0.3 is 0 Å². The summed E-state index contributed by atoms with van der Waals surface area (Å²) in [7, 11) is 0. The smallest absolute Gasteiger partial charge is 0.220 e. The summed E-state index contributed by atoms with van der Waals surface area (Å²) in [6, 6.07) is -0.802. The lowest BCUT2D eigenvalue weighted by Crippen LogP contribution is -2.60. The van der Waals surface area contributed by atoms with E-state index in [4.69, 9.17) is 9.47 Å². The second kappa shape index (κ2) is 35.8. The summed E-state index contributed by atoms with van der Waals surface area (Å²) in [4.78, 5) is 12.9. The lowest BCUT2D eigenvalue weighted by Gasteiger charge is -2.40. The van der Waals surface area contributed by atoms with E-state index in [2.05, 4.69) is 43.5 Å². The van der Waals surface area contributed by atoms with Crippen LogP contribution < -0.4 is 5.32 Å². The summed E-state index contributed by atoms with van der Waals surface area (Å²) >= 11 is 0. The topological polar surface area (TPSA) is 149 Å². The Kier molecular flexibility index (Phi) is 33.4. The van der Waals surface area contributed by atoms with E-state index in [1.165, 1.54) is 122 Å². The molecule has 9 nitrogen and oxygen atoms in total. The molecule has 0 aromatic rings. The number of hydrogen-bond donors (Lipinski definition) is 6. The van der Waals surface area contributed by atoms with Crippen molar-refractivity contribution in [3.05, 3.63) is 36.5 Å². The molecule has 0 spiro atoms. The van der Waals surface area contributed by atoms with Crippen LogP contribution in [0, 0.1) is 0 Å². The molecule has 0 bridgehead atoms. The van der Waals surface area contributed by atoms with Crippen LogP contribution in [0.4, 0.5) is 0 Å². The Bertz CT molecular complexity index is 941. The summed E-state index contributed by atoms with van der Waals surface area (Å²) in [6.45, 7) is 3.70. The number of aliphatic hydroxyl groups is 5. The van der Waals surface area contributed by atoms with Crippen molar-refractivity contribution in [2.75, 3.05) is 13.2 Å². The fourth-order valence-corrected chi connectivity index (χ4v) is 6.83. The first kappa shape index (κ1) is 50.4. The standard InChI is InChI=1S/C45H83NO8/c1-3-5-7-9-11-13-14-15-16-17-18-19-20-21-22-23-24-25-26-27-29-31-33-35-41(49)46-38(39(48)34-32-30-28-12-10-8-6-4-2)37-53-45-44(52)43(51)42(50)40(36-47)54-45/h14-15,17-18,32,34,38-40,42-45,47-48,50-52H,3-13,16,19-31,33,35-37H2,1-2H3,(H,46,49)/b15-14-,18-17-,34-32+. The van der Waals surface area contributed by atoms with Gasteiger partial charge in [-0.2, -0.15) is 0 Å². The third-order valence-corrected chi connectivity index (χ3v) is 10.5. The Hall–Kier alpha value is -1.59. The second-order valence-electron chi connectivity index (χ2n) is 15.5. The van der Waals surface area contributed by atoms with E-state index in [0.717, 1.165) is 44.9 Å². The number of allylic oxidation sites excluding steroid dienone is 5. The van der Waals surface area contributed by atoms with Gasteiger partial charge in [-0.05, 0) is 51.4 Å². The Balaban J connectivity index is 2.24. The van der Waals surface area contributed by atoms with E-state index in [-0.39, 0.29) is 12.5 Å². The van der Waals surface area contributed by atoms with Crippen molar-refractivity contribution in [2.24, 2.45) is 0 Å². The molecule has 0 radical (unpaired) electrons. The molecule has 1 fully saturated rings. The monoisotopic (exact) mass is 766 g/mol. The summed E-state index contributed by atoms with van der Waals surface area (Å²) in [5, 5.41) is 53.9. The summed E-state index contributed by atoms with van der Waals surface area (Å²) in [5.74, 6) is -0.184. The van der Waals surface area contributed by atoms with E-state index in [9.17, 15) is 30.3 Å². The second-order valence-corrected chi connectivity index (χ2v) is 15.5. The molecule has 7 unspecified atom stereocenters. The molecule has 316 valence electrons. The number of hydrogen-bond acceptors (Lipinski definition) is 8. The molecule has 1 heterocycles. The number of carbonyl (C=O) groups excluding carboxylic acids is 1. The fraction of sp³-hybridized carbons (Fsp3) is 0.844. The number of unbranched alkanes of at least 4 members (excludes halogenated alkanes) is 22. The molecule has 6 N–H and O–H groups in total. The molecule has 0 saturated carbocycles. The maximum Gasteiger partial charge on any atom is 0.220 e. The van der Waals surface area contributed by atoms with Crippen LogP contribution in [-0.4, -0.2) is 87.5 Å². The highest BCUT2D eigenvalue weighted by Crippen LogP contribution is 2.22. The van der Waals surface area contributed by atoms with Gasteiger partial charge in [0, 0.05) is 6.42 Å². The van der Waals surface area contributed by atoms with Crippen molar-refractivity contribution in [2.45, 2.75) is 230 Å². The molecule has 1 rings (SSSR count). The predicted molar refractivity (Wildman–Crippen MR) is 221 cm³/mol. The molecule has 0 aromatic carbocycles. The average Bonchev–Trinajstić information content (AvgIpc) is 3.17. The summed E-state index contributed by atoms with van der Waals surface area (Å²) in [6.07, 6.45) is 36.3. The quantitative estimate of drug-likeness (QED) is 0.0274. The molecule has 9 heteroatoms. The van der Waals surface area contributed by atoms with Crippen LogP contribution in [0.25, 0.3) is 0 Å². The first-order chi connectivity index (χ1) is 26.3. The Labute approximate surface area is 330 Å². The van der Waals surface area contributed by atoms with Gasteiger partial charge in [-0.15, -0.1) is 0 Å². The predicted octanol–water partition coefficient (Wildman–Crippen LogP) is 8.89. The van der Waals surface area contributed by atoms with Gasteiger partial charge in [0.15, 0.2) is 6.29 Å². The van der Waals surface area contributed by atoms with Crippen LogP contribution in [-0.2, 0) is 14.3 Å². The lowest BCUT2D eigenvalue weighted by molar-refractivity contribution is -0.302. The SMILES string of the molecule is CCCCCCC/C=C\C/C=C\CCCCCCCCCCCCCC(=O)NC(COC1OC(CO)C(O)C(O)C1O)C(O)/C=C/CCCCCCCC. The van der Waals surface area contributed by atoms with Crippen LogP contribution in [0.1, 0.15) is 187 Å². The van der Waals surface area contributed by atoms with Crippen molar-refractivity contribution < 1.29 is 39.8 Å². The van der Waals surface area contributed by atoms with E-state index < -0.39 is 49.5 Å². The van der Waals surface area contributed by atoms with Crippen LogP contribution in [0.3, 0.4) is 0 Å². The minimum absolute atomic E-state index is 0.184. The van der Waals surface area contributed by atoms with Gasteiger partial charge in [0.25, 0.3) is 0 Å². The minimum atomic E-state index is -1.56. The minimum Gasteiger partial charge on any atom is -0.394 e. The Morgan fingerprint density at radius 1 is 0.630 bits per heavy atom. The molecule has 1 aliphatic heterocycles. The van der Waals surface area contributed by atoms with Gasteiger partial charge in [0.05, 0.1) is 25.4 Å². The van der Waals surface area contributed by atoms with Gasteiger partial charge < -0.3 is 40.3 Å². The van der Waals surface area contributed by atoms with Crippen molar-refractivity contribution in [1.82, 2.24) is 5.32 Å². The zero-order chi connectivity index (χ0) is 39.5. The van der Waals surface area contributed by atoms with Gasteiger partial charge in [-0.25, -0.2) is 0 Å². The van der Waals surface area contributed by atoms with Gasteiger partial charge in [-0.3, -0.25) is 4.79 Å². The highest BCUT2D eigenvalue weighted by Gasteiger charge is 2.44. The Morgan fingerprint density at radius 2 is 1.09 bits per heavy atom. The number of ether oxygens (including phenoxy) is 2. The van der Waals surface area contributed by atoms with Gasteiger partial charge in [0.2, 0.25) is 5.91 Å². The van der Waals surface area contributed by atoms with Crippen molar-refractivity contribution in [3.8, 4) is 0 Å². The number of rotatable bonds is 36. The number of nitrogens with one attached hydrogen (secondary N) is 1. The molecule has 1 saturated heterocycles. The van der Waals surface area contributed by atoms with E-state index in [0.29, 0.717) is 6.42 Å². The highest BCUT2D eigenvalue weighted by molar-refractivity contribution is 5.76. The zero-order valence-electron chi connectivity index (χ0n) is 34.5. The van der Waals surface area contributed by atoms with Crippen LogP contribution >= 0.6 is 0 Å². The van der Waals surface area contributed by atoms with Gasteiger partial charge in [0.1, 0.15) is 24.4 Å². The van der Waals surface area contributed by atoms with Crippen molar-refractivity contribution >= 4 is 5.91 Å². The summed E-state index contributed by atoms with van der Waals surface area (Å²) < 4.78 is 11.2. The first-order valence-corrected chi connectivity index (χ1v) is 22.2. The van der Waals surface area contributed by atoms with Gasteiger partial charge in [-0.1, -0.05) is 166 Å². The average molecular weight is 766 g/mol. The molecule has 0 aromatic heterocycles. The lowest BCUT2D eigenvalue weighted by atomic mass is 9.99. The molecule has 7 atom stereocenters. The third kappa shape index (κ3) is 26.3. The van der Waals surface area contributed by atoms with Crippen molar-refractivity contribution in [3.63, 3.8) is 0 Å². The molecule has 54 heavy (non-hydrogen) atoms. The zero-order valence-corrected chi connectivity index (χ0v) is 34.5. The molecular formula is C45H83NO8. The number of aliphatic hydroxyl groups excluding tert-OH is 5. The fourth-order valence-electron chi connectivity index (χ4n) is 6.83. The van der Waals surface area contributed by atoms with E-state index >= 15 is 0 Å². The maximum atomic E-state index is 12.9. The molecule has 1 aliphatic rings. The third-order valence-electron chi connectivity index (χ3n) is 10.5. The molecule has 1 amide bonds. The molecule has 0 aliphatic carbocycles. The summed E-state index contributed by atoms with van der Waals surface area (Å²) in [5.41, 5.74) is 0. The van der Waals surface area contributed by atoms with Crippen LogP contribution in [0.2, 0.25) is 0 Å². The van der Waals surface area contributed by atoms with E-state index in [1.807, 2.05) is 6.08 Å². The van der Waals surface area contributed by atoms with Crippen LogP contribution in [0.5, 0.6) is 0 Å². The van der Waals surface area contributed by atoms with Crippen molar-refractivity contribution in [1.29, 1.82) is 0 Å². The number of amides is 1.